The summed E-state index contributed by atoms with van der Waals surface area (Å²) >= 11 is 0. The van der Waals surface area contributed by atoms with Crippen LogP contribution in [-0.2, 0) is 26.0 Å². The summed E-state index contributed by atoms with van der Waals surface area (Å²) in [6.07, 6.45) is 0.0281. The van der Waals surface area contributed by atoms with Crippen molar-refractivity contribution in [3.05, 3.63) is 95.6 Å². The predicted molar refractivity (Wildman–Crippen MR) is 140 cm³/mol. The van der Waals surface area contributed by atoms with Crippen LogP contribution in [0.5, 0.6) is 5.75 Å². The van der Waals surface area contributed by atoms with Crippen LogP contribution in [0.25, 0.3) is 0 Å². The van der Waals surface area contributed by atoms with Gasteiger partial charge in [-0.15, -0.1) is 0 Å². The fraction of sp³-hybridized carbons (Fsp3) is 0.214. The lowest BCUT2D eigenvalue weighted by Crippen LogP contribution is -2.46. The maximum Gasteiger partial charge on any atom is 0.326 e. The van der Waals surface area contributed by atoms with E-state index in [0.29, 0.717) is 5.56 Å². The van der Waals surface area contributed by atoms with E-state index in [2.05, 4.69) is 17.2 Å². The van der Waals surface area contributed by atoms with Crippen LogP contribution in [0.2, 0.25) is 0 Å². The quantitative estimate of drug-likeness (QED) is 0.398. The molecule has 0 radical (unpaired) electrons. The highest BCUT2D eigenvalue weighted by atomic mass is 32.2. The average Bonchev–Trinajstić information content (AvgIpc) is 2.88. The Morgan fingerprint density at radius 2 is 1.65 bits per heavy atom. The van der Waals surface area contributed by atoms with Crippen LogP contribution in [0, 0.1) is 18.8 Å². The number of carbonyl (C=O) groups is 2. The maximum absolute atomic E-state index is 12.7. The second kappa shape index (κ2) is 12.7. The number of rotatable bonds is 10. The van der Waals surface area contributed by atoms with Crippen LogP contribution in [0.1, 0.15) is 16.7 Å². The number of amides is 1. The van der Waals surface area contributed by atoms with E-state index in [1.807, 2.05) is 37.3 Å². The summed E-state index contributed by atoms with van der Waals surface area (Å²) in [6.45, 7) is 1.55. The molecular weight excluding hydrogens is 492 g/mol. The number of sulfonamides is 1. The van der Waals surface area contributed by atoms with Crippen molar-refractivity contribution < 1.29 is 27.9 Å². The molecule has 0 heterocycles. The zero-order chi connectivity index (χ0) is 26.8. The van der Waals surface area contributed by atoms with Crippen molar-refractivity contribution in [3.63, 3.8) is 0 Å². The van der Waals surface area contributed by atoms with Gasteiger partial charge in [0.1, 0.15) is 18.4 Å². The molecule has 2 N–H and O–H groups in total. The van der Waals surface area contributed by atoms with E-state index in [9.17, 15) is 23.1 Å². The van der Waals surface area contributed by atoms with Gasteiger partial charge in [-0.05, 0) is 48.9 Å². The van der Waals surface area contributed by atoms with Gasteiger partial charge in [-0.3, -0.25) is 4.79 Å². The summed E-state index contributed by atoms with van der Waals surface area (Å²) in [5.41, 5.74) is 2.32. The summed E-state index contributed by atoms with van der Waals surface area (Å²) in [7, 11) is -2.62. The molecule has 37 heavy (non-hydrogen) atoms. The molecule has 0 aliphatic heterocycles. The molecule has 1 atom stereocenters. The van der Waals surface area contributed by atoms with Crippen molar-refractivity contribution in [2.75, 3.05) is 20.2 Å². The van der Waals surface area contributed by atoms with Crippen LogP contribution in [0.15, 0.2) is 83.8 Å². The van der Waals surface area contributed by atoms with Gasteiger partial charge in [0.25, 0.3) is 0 Å². The average molecular weight is 521 g/mol. The number of para-hydroxylation sites is 1. The highest BCUT2D eigenvalue weighted by Crippen LogP contribution is 2.15. The largest absolute Gasteiger partial charge is 0.481 e. The Hall–Kier alpha value is -4.13. The number of nitrogens with one attached hydrogen (secondary N) is 1. The van der Waals surface area contributed by atoms with Crippen molar-refractivity contribution in [1.82, 2.24) is 9.62 Å². The van der Waals surface area contributed by atoms with E-state index < -0.39 is 34.5 Å². The van der Waals surface area contributed by atoms with Gasteiger partial charge in [-0.1, -0.05) is 59.9 Å². The van der Waals surface area contributed by atoms with Crippen molar-refractivity contribution >= 4 is 21.9 Å². The van der Waals surface area contributed by atoms with Crippen LogP contribution in [0.3, 0.4) is 0 Å². The van der Waals surface area contributed by atoms with Gasteiger partial charge in [-0.25, -0.2) is 13.2 Å². The Labute approximate surface area is 216 Å². The molecule has 9 heteroatoms. The van der Waals surface area contributed by atoms with E-state index in [0.717, 1.165) is 21.2 Å². The SMILES string of the molecule is Cc1ccc(S(=O)(=O)N(C)CC(=O)N[C@@H](Cc2ccc(C#CCOc3ccccc3)cc2)C(=O)O)cc1. The second-order valence-electron chi connectivity index (χ2n) is 8.34. The smallest absolute Gasteiger partial charge is 0.326 e. The minimum Gasteiger partial charge on any atom is -0.481 e. The van der Waals surface area contributed by atoms with Crippen molar-refractivity contribution in [2.24, 2.45) is 0 Å². The fourth-order valence-electron chi connectivity index (χ4n) is 3.35. The number of ether oxygens (including phenoxy) is 1. The molecule has 0 aromatic heterocycles. The number of likely N-dealkylation sites (N-methyl/N-ethyl adjacent to an activating group) is 1. The van der Waals surface area contributed by atoms with Crippen LogP contribution in [-0.4, -0.2) is 55.9 Å². The third-order valence-corrected chi connectivity index (χ3v) is 7.23. The molecule has 0 unspecified atom stereocenters. The number of hydrogen-bond donors (Lipinski definition) is 2. The number of nitrogens with zero attached hydrogens (tertiary/aromatic N) is 1. The summed E-state index contributed by atoms with van der Waals surface area (Å²) in [6, 6.07) is 21.3. The van der Waals surface area contributed by atoms with Gasteiger partial charge in [-0.2, -0.15) is 4.31 Å². The van der Waals surface area contributed by atoms with E-state index >= 15 is 0 Å². The topological polar surface area (TPSA) is 113 Å². The van der Waals surface area contributed by atoms with Gasteiger partial charge in [0.05, 0.1) is 11.4 Å². The number of hydrogen-bond acceptors (Lipinski definition) is 5. The van der Waals surface area contributed by atoms with Crippen LogP contribution in [0.4, 0.5) is 0 Å². The molecule has 0 fully saturated rings. The zero-order valence-electron chi connectivity index (χ0n) is 20.5. The van der Waals surface area contributed by atoms with Crippen molar-refractivity contribution in [1.29, 1.82) is 0 Å². The number of benzene rings is 3. The van der Waals surface area contributed by atoms with Crippen LogP contribution >= 0.6 is 0 Å². The summed E-state index contributed by atoms with van der Waals surface area (Å²) in [5, 5.41) is 12.0. The van der Waals surface area contributed by atoms with Gasteiger partial charge in [0, 0.05) is 19.0 Å². The molecule has 192 valence electrons. The Balaban J connectivity index is 1.55. The molecule has 3 aromatic rings. The van der Waals surface area contributed by atoms with Gasteiger partial charge < -0.3 is 15.2 Å². The lowest BCUT2D eigenvalue weighted by atomic mass is 10.0. The molecule has 0 saturated heterocycles. The third-order valence-electron chi connectivity index (χ3n) is 5.41. The summed E-state index contributed by atoms with van der Waals surface area (Å²) in [5.74, 6) is 4.69. The first-order valence-electron chi connectivity index (χ1n) is 11.5. The van der Waals surface area contributed by atoms with E-state index in [1.165, 1.54) is 19.2 Å². The van der Waals surface area contributed by atoms with E-state index in [1.54, 1.807) is 36.4 Å². The first-order chi connectivity index (χ1) is 17.6. The zero-order valence-corrected chi connectivity index (χ0v) is 21.4. The van der Waals surface area contributed by atoms with E-state index in [-0.39, 0.29) is 17.9 Å². The Morgan fingerprint density at radius 3 is 2.27 bits per heavy atom. The van der Waals surface area contributed by atoms with Crippen molar-refractivity contribution in [3.8, 4) is 17.6 Å². The Morgan fingerprint density at radius 1 is 1.00 bits per heavy atom. The van der Waals surface area contributed by atoms with Gasteiger partial charge in [0.2, 0.25) is 15.9 Å². The number of carboxylic acids is 1. The fourth-order valence-corrected chi connectivity index (χ4v) is 4.48. The molecule has 0 aliphatic rings. The number of aliphatic carboxylic acids is 1. The molecule has 0 saturated carbocycles. The highest BCUT2D eigenvalue weighted by Gasteiger charge is 2.26. The molecule has 1 amide bonds. The Bertz CT molecular complexity index is 1380. The molecule has 3 aromatic carbocycles. The molecular formula is C28H28N2O6S. The summed E-state index contributed by atoms with van der Waals surface area (Å²) < 4.78 is 31.8. The normalized spacial score (nSPS) is 11.8. The first-order valence-corrected chi connectivity index (χ1v) is 12.9. The molecule has 0 aliphatic carbocycles. The van der Waals surface area contributed by atoms with Crippen molar-refractivity contribution in [2.45, 2.75) is 24.3 Å². The minimum atomic E-state index is -3.89. The Kier molecular flexibility index (Phi) is 9.44. The van der Waals surface area contributed by atoms with Gasteiger partial charge in [0.15, 0.2) is 0 Å². The second-order valence-corrected chi connectivity index (χ2v) is 10.4. The number of carbonyl (C=O) groups excluding carboxylic acids is 1. The van der Waals surface area contributed by atoms with Gasteiger partial charge >= 0.3 is 5.97 Å². The molecule has 0 spiro atoms. The lowest BCUT2D eigenvalue weighted by Gasteiger charge is -2.19. The van der Waals surface area contributed by atoms with Crippen LogP contribution < -0.4 is 10.1 Å². The minimum absolute atomic E-state index is 0.0281. The number of carboxylic acid groups (broad SMARTS) is 1. The number of aryl methyl sites for hydroxylation is 1. The monoisotopic (exact) mass is 520 g/mol. The maximum atomic E-state index is 12.7. The first kappa shape index (κ1) is 27.5. The predicted octanol–water partition coefficient (Wildman–Crippen LogP) is 2.86. The highest BCUT2D eigenvalue weighted by molar-refractivity contribution is 7.89. The molecule has 0 bridgehead atoms. The summed E-state index contributed by atoms with van der Waals surface area (Å²) in [4.78, 5) is 24.3. The molecule has 3 rings (SSSR count). The standard InChI is InChI=1S/C28H28N2O6S/c1-21-10-16-25(17-11-21)37(34,35)30(2)20-27(31)29-26(28(32)33)19-23-14-12-22(13-15-23)7-6-18-36-24-8-4-3-5-9-24/h3-5,8-17,26H,18-20H2,1-2H3,(H,29,31)(H,32,33)/t26-/m0/s1. The molecule has 8 nitrogen and oxygen atoms in total. The third kappa shape index (κ3) is 8.20. The van der Waals surface area contributed by atoms with E-state index in [4.69, 9.17) is 4.74 Å². The lowest BCUT2D eigenvalue weighted by molar-refractivity contribution is -0.141.